The second kappa shape index (κ2) is 10.2. The van der Waals surface area contributed by atoms with Crippen molar-refractivity contribution in [1.29, 1.82) is 0 Å². The SMILES string of the molecule is CCCCCC=C[C@H]1CCC(=O)[C@@H]1CC=C=CCC(O)(O)C(=O)O. The highest BCUT2D eigenvalue weighted by molar-refractivity contribution is 5.83. The molecule has 3 N–H and O–H groups in total. The van der Waals surface area contributed by atoms with Crippen LogP contribution in [0.4, 0.5) is 0 Å². The molecule has 0 heterocycles. The average molecular weight is 336 g/mol. The lowest BCUT2D eigenvalue weighted by atomic mass is 9.91. The van der Waals surface area contributed by atoms with Crippen molar-refractivity contribution in [3.63, 3.8) is 0 Å². The van der Waals surface area contributed by atoms with E-state index in [2.05, 4.69) is 24.8 Å². The maximum Gasteiger partial charge on any atom is 0.364 e. The normalized spacial score (nSPS) is 21.0. The first-order chi connectivity index (χ1) is 11.4. The van der Waals surface area contributed by atoms with Crippen LogP contribution in [0.15, 0.2) is 30.0 Å². The van der Waals surface area contributed by atoms with Crippen molar-refractivity contribution in [2.24, 2.45) is 11.8 Å². The number of carboxylic acid groups (broad SMARTS) is 1. The Hall–Kier alpha value is -1.68. The molecule has 24 heavy (non-hydrogen) atoms. The molecule has 0 spiro atoms. The summed E-state index contributed by atoms with van der Waals surface area (Å²) in [6.07, 6.45) is 13.5. The molecule has 134 valence electrons. The molecule has 2 atom stereocenters. The van der Waals surface area contributed by atoms with Crippen LogP contribution in [0.1, 0.15) is 58.3 Å². The minimum Gasteiger partial charge on any atom is -0.477 e. The second-order valence-corrected chi connectivity index (χ2v) is 6.34. The van der Waals surface area contributed by atoms with Crippen molar-refractivity contribution in [3.05, 3.63) is 30.0 Å². The molecule has 1 fully saturated rings. The third-order valence-electron chi connectivity index (χ3n) is 4.35. The van der Waals surface area contributed by atoms with Gasteiger partial charge in [-0.3, -0.25) is 4.79 Å². The Morgan fingerprint density at radius 3 is 2.75 bits per heavy atom. The third kappa shape index (κ3) is 6.83. The van der Waals surface area contributed by atoms with Crippen LogP contribution in [0.5, 0.6) is 0 Å². The molecule has 1 aliphatic carbocycles. The number of aliphatic carboxylic acids is 1. The zero-order valence-electron chi connectivity index (χ0n) is 14.3. The fourth-order valence-electron chi connectivity index (χ4n) is 2.82. The van der Waals surface area contributed by atoms with Crippen LogP contribution in [0.2, 0.25) is 0 Å². The van der Waals surface area contributed by atoms with E-state index in [4.69, 9.17) is 15.3 Å². The summed E-state index contributed by atoms with van der Waals surface area (Å²) in [4.78, 5) is 22.5. The third-order valence-corrected chi connectivity index (χ3v) is 4.35. The molecule has 0 saturated heterocycles. The number of hydrogen-bond acceptors (Lipinski definition) is 4. The van der Waals surface area contributed by atoms with E-state index in [0.717, 1.165) is 12.8 Å². The Labute approximate surface area is 143 Å². The van der Waals surface area contributed by atoms with Crippen LogP contribution in [-0.2, 0) is 9.59 Å². The van der Waals surface area contributed by atoms with Gasteiger partial charge in [-0.25, -0.2) is 4.79 Å². The Balaban J connectivity index is 2.50. The second-order valence-electron chi connectivity index (χ2n) is 6.34. The fraction of sp³-hybridized carbons (Fsp3) is 0.632. The lowest BCUT2D eigenvalue weighted by molar-refractivity contribution is -0.201. The van der Waals surface area contributed by atoms with E-state index >= 15 is 0 Å². The van der Waals surface area contributed by atoms with Gasteiger partial charge in [-0.05, 0) is 43.8 Å². The molecule has 0 bridgehead atoms. The van der Waals surface area contributed by atoms with Gasteiger partial charge in [0.15, 0.2) is 0 Å². The van der Waals surface area contributed by atoms with Crippen LogP contribution in [0.25, 0.3) is 0 Å². The molecule has 0 aromatic heterocycles. The van der Waals surface area contributed by atoms with E-state index in [1.807, 2.05) is 0 Å². The number of allylic oxidation sites excluding steroid dienone is 2. The van der Waals surface area contributed by atoms with Crippen LogP contribution in [-0.4, -0.2) is 32.9 Å². The summed E-state index contributed by atoms with van der Waals surface area (Å²) in [6.45, 7) is 2.17. The monoisotopic (exact) mass is 336 g/mol. The van der Waals surface area contributed by atoms with Gasteiger partial charge in [0.05, 0.1) is 0 Å². The van der Waals surface area contributed by atoms with Crippen LogP contribution < -0.4 is 0 Å². The Morgan fingerprint density at radius 2 is 2.08 bits per heavy atom. The number of rotatable bonds is 10. The number of hydrogen-bond donors (Lipinski definition) is 3. The van der Waals surface area contributed by atoms with Gasteiger partial charge in [0, 0.05) is 18.8 Å². The summed E-state index contributed by atoms with van der Waals surface area (Å²) in [5.41, 5.74) is 2.74. The quantitative estimate of drug-likeness (QED) is 0.247. The minimum atomic E-state index is -2.77. The number of carbonyl (C=O) groups is 2. The van der Waals surface area contributed by atoms with Crippen molar-refractivity contribution >= 4 is 11.8 Å². The molecule has 5 nitrogen and oxygen atoms in total. The number of unbranched alkanes of at least 4 members (excludes halogenated alkanes) is 3. The molecule has 0 aromatic rings. The number of ketones is 1. The van der Waals surface area contributed by atoms with Gasteiger partial charge in [0.25, 0.3) is 5.79 Å². The summed E-state index contributed by atoms with van der Waals surface area (Å²) < 4.78 is 0. The maximum absolute atomic E-state index is 12.0. The lowest BCUT2D eigenvalue weighted by Gasteiger charge is -2.13. The van der Waals surface area contributed by atoms with E-state index in [0.29, 0.717) is 12.8 Å². The number of carboxylic acids is 1. The van der Waals surface area contributed by atoms with Gasteiger partial charge in [-0.1, -0.05) is 31.9 Å². The molecule has 0 aliphatic heterocycles. The van der Waals surface area contributed by atoms with E-state index in [9.17, 15) is 9.59 Å². The van der Waals surface area contributed by atoms with Crippen LogP contribution >= 0.6 is 0 Å². The fourth-order valence-corrected chi connectivity index (χ4v) is 2.82. The van der Waals surface area contributed by atoms with Gasteiger partial charge in [0.2, 0.25) is 0 Å². The Kier molecular flexibility index (Phi) is 8.69. The van der Waals surface area contributed by atoms with E-state index in [1.54, 1.807) is 6.08 Å². The molecule has 0 unspecified atom stereocenters. The molecule has 0 amide bonds. The summed E-state index contributed by atoms with van der Waals surface area (Å²) in [5.74, 6) is -4.01. The first kappa shape index (κ1) is 20.4. The highest BCUT2D eigenvalue weighted by Crippen LogP contribution is 2.32. The van der Waals surface area contributed by atoms with Crippen molar-refractivity contribution in [2.45, 2.75) is 64.1 Å². The van der Waals surface area contributed by atoms with Gasteiger partial charge in [0.1, 0.15) is 5.78 Å². The molecule has 1 saturated carbocycles. The molecular formula is C19H28O5. The molecule has 0 aromatic carbocycles. The number of Topliss-reactive ketones (excluding diaryl/α,β-unsaturated/α-hetero) is 1. The molecule has 5 heteroatoms. The number of carbonyl (C=O) groups excluding carboxylic acids is 1. The minimum absolute atomic E-state index is 0.0548. The first-order valence-electron chi connectivity index (χ1n) is 8.65. The lowest BCUT2D eigenvalue weighted by Crippen LogP contribution is -2.37. The van der Waals surface area contributed by atoms with Crippen LogP contribution in [0, 0.1) is 11.8 Å². The highest BCUT2D eigenvalue weighted by atomic mass is 16.5. The van der Waals surface area contributed by atoms with Crippen LogP contribution in [0.3, 0.4) is 0 Å². The van der Waals surface area contributed by atoms with Gasteiger partial charge < -0.3 is 15.3 Å². The summed E-state index contributed by atoms with van der Waals surface area (Å²) >= 11 is 0. The highest BCUT2D eigenvalue weighted by Gasteiger charge is 2.32. The van der Waals surface area contributed by atoms with E-state index in [1.165, 1.54) is 25.3 Å². The largest absolute Gasteiger partial charge is 0.477 e. The first-order valence-corrected chi connectivity index (χ1v) is 8.65. The summed E-state index contributed by atoms with van der Waals surface area (Å²) in [5, 5.41) is 26.9. The van der Waals surface area contributed by atoms with E-state index in [-0.39, 0.29) is 17.6 Å². The van der Waals surface area contributed by atoms with E-state index < -0.39 is 18.2 Å². The van der Waals surface area contributed by atoms with Gasteiger partial charge in [-0.15, -0.1) is 5.73 Å². The average Bonchev–Trinajstić information content (AvgIpc) is 2.87. The standard InChI is InChI=1S/C19H28O5/c1-2-3-4-5-7-10-15-12-13-17(20)16(15)11-8-6-9-14-19(23,24)18(21)22/h7-10,15-16,23-24H,2-5,11-14H2,1H3,(H,21,22)/t6?,15-,16+/m0/s1. The van der Waals surface area contributed by atoms with Gasteiger partial charge >= 0.3 is 5.97 Å². The molecule has 1 rings (SSSR count). The molecule has 1 aliphatic rings. The predicted molar refractivity (Wildman–Crippen MR) is 91.2 cm³/mol. The predicted octanol–water partition coefficient (Wildman–Crippen LogP) is 2.98. The maximum atomic E-state index is 12.0. The van der Waals surface area contributed by atoms with Crippen molar-refractivity contribution in [3.8, 4) is 0 Å². The topological polar surface area (TPSA) is 94.8 Å². The van der Waals surface area contributed by atoms with Crippen molar-refractivity contribution in [2.75, 3.05) is 0 Å². The Morgan fingerprint density at radius 1 is 1.33 bits per heavy atom. The Bertz CT molecular complexity index is 512. The summed E-state index contributed by atoms with van der Waals surface area (Å²) in [6, 6.07) is 0. The summed E-state index contributed by atoms with van der Waals surface area (Å²) in [7, 11) is 0. The van der Waals surface area contributed by atoms with Gasteiger partial charge in [-0.2, -0.15) is 0 Å². The zero-order chi connectivity index (χ0) is 18.0. The smallest absolute Gasteiger partial charge is 0.364 e. The number of aliphatic hydroxyl groups is 2. The zero-order valence-corrected chi connectivity index (χ0v) is 14.3. The molecule has 0 radical (unpaired) electrons. The van der Waals surface area contributed by atoms with Crippen molar-refractivity contribution < 1.29 is 24.9 Å². The van der Waals surface area contributed by atoms with Crippen molar-refractivity contribution in [1.82, 2.24) is 0 Å². The molecular weight excluding hydrogens is 308 g/mol.